The summed E-state index contributed by atoms with van der Waals surface area (Å²) in [5.74, 6) is -0.0607. The predicted octanol–water partition coefficient (Wildman–Crippen LogP) is 1.28. The number of nitrogens with zero attached hydrogens (tertiary/aromatic N) is 4. The lowest BCUT2D eigenvalue weighted by atomic mass is 10.0. The molecule has 0 radical (unpaired) electrons. The molecular formula is C16H21N5O. The van der Waals surface area contributed by atoms with Crippen molar-refractivity contribution in [1.29, 1.82) is 0 Å². The standard InChI is InChI=1S/C16H21N5O/c17-10-14-8-4-5-9-21(14)16(22)15-12-20(19-18-15)11-13-6-2-1-3-7-13/h1-3,6-7,12,14H,4-5,8-11,17H2. The highest BCUT2D eigenvalue weighted by atomic mass is 16.2. The molecule has 116 valence electrons. The number of hydrogen-bond donors (Lipinski definition) is 1. The van der Waals surface area contributed by atoms with Gasteiger partial charge < -0.3 is 10.6 Å². The van der Waals surface area contributed by atoms with Gasteiger partial charge in [-0.25, -0.2) is 4.68 Å². The highest BCUT2D eigenvalue weighted by Gasteiger charge is 2.28. The SMILES string of the molecule is NCC1CCCCN1C(=O)c1cn(Cc2ccccc2)nn1. The van der Waals surface area contributed by atoms with E-state index < -0.39 is 0 Å². The molecule has 1 unspecified atom stereocenters. The third-order valence-corrected chi connectivity index (χ3v) is 4.11. The van der Waals surface area contributed by atoms with E-state index in [-0.39, 0.29) is 11.9 Å². The number of benzene rings is 1. The number of likely N-dealkylation sites (tertiary alicyclic amines) is 1. The molecule has 0 spiro atoms. The summed E-state index contributed by atoms with van der Waals surface area (Å²) in [6.45, 7) is 1.87. The van der Waals surface area contributed by atoms with Gasteiger partial charge >= 0.3 is 0 Å². The number of hydrogen-bond acceptors (Lipinski definition) is 4. The van der Waals surface area contributed by atoms with Crippen LogP contribution < -0.4 is 5.73 Å². The molecule has 22 heavy (non-hydrogen) atoms. The molecule has 1 aliphatic heterocycles. The first-order chi connectivity index (χ1) is 10.8. The lowest BCUT2D eigenvalue weighted by Gasteiger charge is -2.34. The van der Waals surface area contributed by atoms with E-state index in [1.54, 1.807) is 10.9 Å². The monoisotopic (exact) mass is 299 g/mol. The van der Waals surface area contributed by atoms with Crippen LogP contribution in [0.25, 0.3) is 0 Å². The van der Waals surface area contributed by atoms with Gasteiger partial charge in [-0.2, -0.15) is 0 Å². The fourth-order valence-corrected chi connectivity index (χ4v) is 2.90. The molecule has 1 aromatic carbocycles. The Morgan fingerprint density at radius 1 is 1.27 bits per heavy atom. The predicted molar refractivity (Wildman–Crippen MR) is 83.3 cm³/mol. The molecule has 1 aliphatic rings. The highest BCUT2D eigenvalue weighted by molar-refractivity contribution is 5.92. The molecule has 1 saturated heterocycles. The van der Waals surface area contributed by atoms with Gasteiger partial charge in [-0.05, 0) is 24.8 Å². The van der Waals surface area contributed by atoms with E-state index in [0.717, 1.165) is 31.4 Å². The van der Waals surface area contributed by atoms with E-state index in [1.165, 1.54) is 0 Å². The van der Waals surface area contributed by atoms with Crippen LogP contribution in [0.5, 0.6) is 0 Å². The molecule has 0 aliphatic carbocycles. The summed E-state index contributed by atoms with van der Waals surface area (Å²) in [5, 5.41) is 8.10. The van der Waals surface area contributed by atoms with Gasteiger partial charge in [0.1, 0.15) is 0 Å². The molecule has 1 amide bonds. The Labute approximate surface area is 129 Å². The Morgan fingerprint density at radius 2 is 2.09 bits per heavy atom. The van der Waals surface area contributed by atoms with E-state index in [2.05, 4.69) is 10.3 Å². The summed E-state index contributed by atoms with van der Waals surface area (Å²) < 4.78 is 1.70. The van der Waals surface area contributed by atoms with Gasteiger partial charge in [0, 0.05) is 19.1 Å². The number of nitrogens with two attached hydrogens (primary N) is 1. The van der Waals surface area contributed by atoms with Crippen molar-refractivity contribution in [2.75, 3.05) is 13.1 Å². The molecule has 0 saturated carbocycles. The second-order valence-electron chi connectivity index (χ2n) is 5.67. The first kappa shape index (κ1) is 14.7. The molecule has 1 atom stereocenters. The maximum absolute atomic E-state index is 12.6. The van der Waals surface area contributed by atoms with Crippen LogP contribution in [0.4, 0.5) is 0 Å². The zero-order valence-corrected chi connectivity index (χ0v) is 12.6. The van der Waals surface area contributed by atoms with Crippen LogP contribution in [0.15, 0.2) is 36.5 Å². The lowest BCUT2D eigenvalue weighted by Crippen LogP contribution is -2.47. The van der Waals surface area contributed by atoms with Crippen LogP contribution in [-0.4, -0.2) is 44.9 Å². The van der Waals surface area contributed by atoms with Crippen molar-refractivity contribution in [2.24, 2.45) is 5.73 Å². The van der Waals surface area contributed by atoms with Gasteiger partial charge in [0.05, 0.1) is 12.7 Å². The summed E-state index contributed by atoms with van der Waals surface area (Å²) in [4.78, 5) is 14.4. The van der Waals surface area contributed by atoms with Gasteiger partial charge in [0.2, 0.25) is 0 Å². The molecule has 6 nitrogen and oxygen atoms in total. The van der Waals surface area contributed by atoms with Crippen molar-refractivity contribution in [3.63, 3.8) is 0 Å². The third kappa shape index (κ3) is 3.17. The van der Waals surface area contributed by atoms with Crippen LogP contribution in [0.1, 0.15) is 35.3 Å². The van der Waals surface area contributed by atoms with E-state index >= 15 is 0 Å². The summed E-state index contributed by atoms with van der Waals surface area (Å²) in [5.41, 5.74) is 7.31. The quantitative estimate of drug-likeness (QED) is 0.922. The maximum atomic E-state index is 12.6. The van der Waals surface area contributed by atoms with Crippen LogP contribution in [0, 0.1) is 0 Å². The molecule has 6 heteroatoms. The van der Waals surface area contributed by atoms with Gasteiger partial charge in [0.15, 0.2) is 5.69 Å². The molecule has 2 N–H and O–H groups in total. The van der Waals surface area contributed by atoms with Crippen LogP contribution >= 0.6 is 0 Å². The number of aromatic nitrogens is 3. The van der Waals surface area contributed by atoms with E-state index in [0.29, 0.717) is 18.8 Å². The molecule has 2 heterocycles. The van der Waals surface area contributed by atoms with Gasteiger partial charge in [0.25, 0.3) is 5.91 Å². The maximum Gasteiger partial charge on any atom is 0.276 e. The Hall–Kier alpha value is -2.21. The third-order valence-electron chi connectivity index (χ3n) is 4.11. The van der Waals surface area contributed by atoms with E-state index in [4.69, 9.17) is 5.73 Å². The Balaban J connectivity index is 1.71. The van der Waals surface area contributed by atoms with Gasteiger partial charge in [-0.15, -0.1) is 5.10 Å². The summed E-state index contributed by atoms with van der Waals surface area (Å²) >= 11 is 0. The minimum absolute atomic E-state index is 0.0607. The van der Waals surface area contributed by atoms with Crippen LogP contribution in [0.3, 0.4) is 0 Å². The molecule has 2 aromatic rings. The molecule has 3 rings (SSSR count). The van der Waals surface area contributed by atoms with Crippen molar-refractivity contribution in [1.82, 2.24) is 19.9 Å². The van der Waals surface area contributed by atoms with Crippen molar-refractivity contribution < 1.29 is 4.79 Å². The Bertz CT molecular complexity index is 624. The first-order valence-corrected chi connectivity index (χ1v) is 7.73. The fraction of sp³-hybridized carbons (Fsp3) is 0.438. The van der Waals surface area contributed by atoms with Crippen molar-refractivity contribution >= 4 is 5.91 Å². The van der Waals surface area contributed by atoms with E-state index in [9.17, 15) is 4.79 Å². The minimum Gasteiger partial charge on any atom is -0.333 e. The number of piperidine rings is 1. The summed E-state index contributed by atoms with van der Waals surface area (Å²) in [6, 6.07) is 10.1. The molecule has 0 bridgehead atoms. The largest absolute Gasteiger partial charge is 0.333 e. The molecule has 1 aromatic heterocycles. The summed E-state index contributed by atoms with van der Waals surface area (Å²) in [7, 11) is 0. The van der Waals surface area contributed by atoms with Gasteiger partial charge in [-0.3, -0.25) is 4.79 Å². The Morgan fingerprint density at radius 3 is 2.86 bits per heavy atom. The number of amides is 1. The minimum atomic E-state index is -0.0607. The zero-order valence-electron chi connectivity index (χ0n) is 12.6. The Kier molecular flexibility index (Phi) is 4.48. The van der Waals surface area contributed by atoms with Crippen LogP contribution in [-0.2, 0) is 6.54 Å². The lowest BCUT2D eigenvalue weighted by molar-refractivity contribution is 0.0617. The average molecular weight is 299 g/mol. The average Bonchev–Trinajstić information content (AvgIpc) is 3.03. The smallest absolute Gasteiger partial charge is 0.276 e. The highest BCUT2D eigenvalue weighted by Crippen LogP contribution is 2.18. The zero-order chi connectivity index (χ0) is 15.4. The number of carbonyl (C=O) groups excluding carboxylic acids is 1. The second-order valence-corrected chi connectivity index (χ2v) is 5.67. The normalized spacial score (nSPS) is 18.4. The first-order valence-electron chi connectivity index (χ1n) is 7.73. The molecule has 1 fully saturated rings. The van der Waals surface area contributed by atoms with Crippen molar-refractivity contribution in [3.8, 4) is 0 Å². The summed E-state index contributed by atoms with van der Waals surface area (Å²) in [6.07, 6.45) is 4.85. The molecular weight excluding hydrogens is 278 g/mol. The van der Waals surface area contributed by atoms with Crippen LogP contribution in [0.2, 0.25) is 0 Å². The van der Waals surface area contributed by atoms with E-state index in [1.807, 2.05) is 35.2 Å². The van der Waals surface area contributed by atoms with Crippen molar-refractivity contribution in [3.05, 3.63) is 47.8 Å². The number of rotatable bonds is 4. The second kappa shape index (κ2) is 6.70. The fourth-order valence-electron chi connectivity index (χ4n) is 2.90. The topological polar surface area (TPSA) is 77.0 Å². The number of carbonyl (C=O) groups is 1. The van der Waals surface area contributed by atoms with Crippen molar-refractivity contribution in [2.45, 2.75) is 31.8 Å². The van der Waals surface area contributed by atoms with Gasteiger partial charge in [-0.1, -0.05) is 35.5 Å².